The van der Waals surface area contributed by atoms with Gasteiger partial charge < -0.3 is 15.3 Å². The zero-order valence-corrected chi connectivity index (χ0v) is 8.76. The summed E-state index contributed by atoms with van der Waals surface area (Å²) in [5.74, 6) is 1.02. The summed E-state index contributed by atoms with van der Waals surface area (Å²) in [5.41, 5.74) is -0.646. The quantitative estimate of drug-likeness (QED) is 0.616. The van der Waals surface area contributed by atoms with Crippen LogP contribution in [0.4, 0.5) is 0 Å². The Morgan fingerprint density at radius 3 is 2.38 bits per heavy atom. The van der Waals surface area contributed by atoms with Crippen LogP contribution >= 0.6 is 11.8 Å². The fourth-order valence-corrected chi connectivity index (χ4v) is 3.16. The minimum absolute atomic E-state index is 0.120. The van der Waals surface area contributed by atoms with E-state index in [-0.39, 0.29) is 13.2 Å². The predicted molar refractivity (Wildman–Crippen MR) is 53.8 cm³/mol. The second kappa shape index (κ2) is 4.64. The molecule has 0 radical (unpaired) electrons. The maximum absolute atomic E-state index is 9.70. The van der Waals surface area contributed by atoms with Gasteiger partial charge in [-0.2, -0.15) is 11.8 Å². The first-order valence-corrected chi connectivity index (χ1v) is 5.74. The van der Waals surface area contributed by atoms with Crippen LogP contribution in [0.3, 0.4) is 0 Å². The van der Waals surface area contributed by atoms with Crippen LogP contribution in [-0.4, -0.2) is 45.6 Å². The Bertz CT molecular complexity index is 159. The summed E-state index contributed by atoms with van der Waals surface area (Å²) in [4.78, 5) is 0. The van der Waals surface area contributed by atoms with Gasteiger partial charge in [-0.25, -0.2) is 0 Å². The molecule has 1 aliphatic carbocycles. The lowest BCUT2D eigenvalue weighted by molar-refractivity contribution is -0.0313. The van der Waals surface area contributed by atoms with E-state index in [0.29, 0.717) is 11.7 Å². The number of hydrogen-bond donors (Lipinski definition) is 3. The molecular weight excluding hydrogens is 188 g/mol. The molecule has 2 atom stereocenters. The number of aliphatic hydroxyl groups excluding tert-OH is 3. The van der Waals surface area contributed by atoms with E-state index in [1.807, 2.05) is 0 Å². The van der Waals surface area contributed by atoms with E-state index in [0.717, 1.165) is 12.2 Å². The molecular formula is C9H18O3S. The molecule has 0 aromatic carbocycles. The van der Waals surface area contributed by atoms with Gasteiger partial charge in [0.1, 0.15) is 0 Å². The van der Waals surface area contributed by atoms with Gasteiger partial charge in [0.05, 0.1) is 19.3 Å². The highest BCUT2D eigenvalue weighted by molar-refractivity contribution is 7.99. The van der Waals surface area contributed by atoms with Gasteiger partial charge in [0.2, 0.25) is 0 Å². The highest BCUT2D eigenvalue weighted by atomic mass is 32.2. The number of hydrogen-bond acceptors (Lipinski definition) is 4. The molecule has 1 fully saturated rings. The Kier molecular flexibility index (Phi) is 4.04. The van der Waals surface area contributed by atoms with Gasteiger partial charge in [-0.05, 0) is 18.6 Å². The molecule has 78 valence electrons. The summed E-state index contributed by atoms with van der Waals surface area (Å²) in [5, 5.41) is 28.4. The highest BCUT2D eigenvalue weighted by Gasteiger charge is 2.45. The fraction of sp³-hybridized carbons (Fsp3) is 1.00. The van der Waals surface area contributed by atoms with Gasteiger partial charge in [0, 0.05) is 10.7 Å². The summed E-state index contributed by atoms with van der Waals surface area (Å²) in [6.45, 7) is 1.84. The van der Waals surface area contributed by atoms with Crippen LogP contribution in [0.1, 0.15) is 19.8 Å². The van der Waals surface area contributed by atoms with E-state index in [1.54, 1.807) is 11.8 Å². The Balaban J connectivity index is 2.58. The molecule has 0 aliphatic heterocycles. The first-order chi connectivity index (χ1) is 6.18. The molecule has 0 amide bonds. The van der Waals surface area contributed by atoms with E-state index < -0.39 is 11.5 Å². The van der Waals surface area contributed by atoms with Gasteiger partial charge in [0.25, 0.3) is 0 Å². The third-order valence-corrected chi connectivity index (χ3v) is 4.02. The van der Waals surface area contributed by atoms with Crippen molar-refractivity contribution >= 4 is 11.8 Å². The van der Waals surface area contributed by atoms with Crippen molar-refractivity contribution in [3.63, 3.8) is 0 Å². The number of aliphatic hydroxyl groups is 3. The fourth-order valence-electron chi connectivity index (χ4n) is 1.92. The summed E-state index contributed by atoms with van der Waals surface area (Å²) in [7, 11) is 0. The highest BCUT2D eigenvalue weighted by Crippen LogP contribution is 2.42. The molecule has 0 spiro atoms. The zero-order valence-electron chi connectivity index (χ0n) is 7.94. The van der Waals surface area contributed by atoms with Crippen LogP contribution < -0.4 is 0 Å². The molecule has 3 nitrogen and oxygen atoms in total. The van der Waals surface area contributed by atoms with Crippen LogP contribution in [0.2, 0.25) is 0 Å². The number of thioether (sulfide) groups is 1. The molecule has 4 heteroatoms. The molecule has 3 N–H and O–H groups in total. The first kappa shape index (κ1) is 11.3. The molecule has 0 aromatic rings. The molecule has 1 rings (SSSR count). The standard InChI is InChI=1S/C9H18O3S/c1-2-13-7-3-8(12)9(4-7,5-10)6-11/h7-8,10-12H,2-6H2,1H3/t7-,8+/m0/s1. The SMILES string of the molecule is CCS[C@H]1C[C@@H](O)C(CO)(CO)C1. The van der Waals surface area contributed by atoms with Crippen molar-refractivity contribution in [1.82, 2.24) is 0 Å². The average molecular weight is 206 g/mol. The van der Waals surface area contributed by atoms with Gasteiger partial charge in [0.15, 0.2) is 0 Å². The van der Waals surface area contributed by atoms with E-state index >= 15 is 0 Å². The Morgan fingerprint density at radius 1 is 1.38 bits per heavy atom. The van der Waals surface area contributed by atoms with Gasteiger partial charge in [-0.3, -0.25) is 0 Å². The van der Waals surface area contributed by atoms with Crippen molar-refractivity contribution in [2.75, 3.05) is 19.0 Å². The lowest BCUT2D eigenvalue weighted by Crippen LogP contribution is -2.37. The van der Waals surface area contributed by atoms with Crippen LogP contribution in [0.15, 0.2) is 0 Å². The largest absolute Gasteiger partial charge is 0.396 e. The van der Waals surface area contributed by atoms with Crippen molar-refractivity contribution < 1.29 is 15.3 Å². The van der Waals surface area contributed by atoms with Gasteiger partial charge in [-0.1, -0.05) is 6.92 Å². The Hall–Kier alpha value is 0.230. The maximum Gasteiger partial charge on any atom is 0.0651 e. The van der Waals surface area contributed by atoms with E-state index in [4.69, 9.17) is 10.2 Å². The lowest BCUT2D eigenvalue weighted by atomic mass is 9.86. The topological polar surface area (TPSA) is 60.7 Å². The normalized spacial score (nSPS) is 32.3. The van der Waals surface area contributed by atoms with Crippen LogP contribution in [0, 0.1) is 5.41 Å². The first-order valence-electron chi connectivity index (χ1n) is 4.70. The minimum Gasteiger partial charge on any atom is -0.396 e. The van der Waals surface area contributed by atoms with Crippen LogP contribution in [-0.2, 0) is 0 Å². The summed E-state index contributed by atoms with van der Waals surface area (Å²) >= 11 is 1.79. The lowest BCUT2D eigenvalue weighted by Gasteiger charge is -2.27. The summed E-state index contributed by atoms with van der Waals surface area (Å²) in [6.07, 6.45) is 0.866. The van der Waals surface area contributed by atoms with Gasteiger partial charge in [-0.15, -0.1) is 0 Å². The molecule has 0 heterocycles. The zero-order chi connectivity index (χ0) is 9.90. The second-order valence-corrected chi connectivity index (χ2v) is 5.29. The summed E-state index contributed by atoms with van der Waals surface area (Å²) in [6, 6.07) is 0. The van der Waals surface area contributed by atoms with Crippen molar-refractivity contribution in [2.24, 2.45) is 5.41 Å². The van der Waals surface area contributed by atoms with Crippen LogP contribution in [0.25, 0.3) is 0 Å². The van der Waals surface area contributed by atoms with E-state index in [2.05, 4.69) is 6.92 Å². The molecule has 0 bridgehead atoms. The minimum atomic E-state index is -0.646. The number of rotatable bonds is 4. The maximum atomic E-state index is 9.70. The van der Waals surface area contributed by atoms with Crippen molar-refractivity contribution in [2.45, 2.75) is 31.1 Å². The molecule has 1 saturated carbocycles. The van der Waals surface area contributed by atoms with E-state index in [9.17, 15) is 5.11 Å². The van der Waals surface area contributed by atoms with Crippen molar-refractivity contribution in [1.29, 1.82) is 0 Å². The van der Waals surface area contributed by atoms with Crippen molar-refractivity contribution in [3.8, 4) is 0 Å². The Labute approximate surface area is 83.2 Å². The third-order valence-electron chi connectivity index (χ3n) is 2.86. The van der Waals surface area contributed by atoms with Crippen LogP contribution in [0.5, 0.6) is 0 Å². The molecule has 0 unspecified atom stereocenters. The molecule has 1 aliphatic rings. The smallest absolute Gasteiger partial charge is 0.0651 e. The average Bonchev–Trinajstić information content (AvgIpc) is 2.44. The second-order valence-electron chi connectivity index (χ2n) is 3.71. The summed E-state index contributed by atoms with van der Waals surface area (Å²) < 4.78 is 0. The third kappa shape index (κ3) is 2.18. The van der Waals surface area contributed by atoms with Crippen molar-refractivity contribution in [3.05, 3.63) is 0 Å². The molecule has 13 heavy (non-hydrogen) atoms. The molecule has 0 aromatic heterocycles. The monoisotopic (exact) mass is 206 g/mol. The predicted octanol–water partition coefficient (Wildman–Crippen LogP) is 0.234. The Morgan fingerprint density at radius 2 is 2.00 bits per heavy atom. The van der Waals surface area contributed by atoms with E-state index in [1.165, 1.54) is 0 Å². The van der Waals surface area contributed by atoms with Gasteiger partial charge >= 0.3 is 0 Å². The molecule has 0 saturated heterocycles.